The fourth-order valence-corrected chi connectivity index (χ4v) is 4.15. The van der Waals surface area contributed by atoms with E-state index in [1.54, 1.807) is 0 Å². The van der Waals surface area contributed by atoms with Crippen LogP contribution in [0.2, 0.25) is 0 Å². The highest BCUT2D eigenvalue weighted by Crippen LogP contribution is 2.29. The topological polar surface area (TPSA) is 171 Å². The third-order valence-electron chi connectivity index (χ3n) is 4.22. The molecular formula is C20H13BrN4O8S. The molecule has 14 heteroatoms. The molecular weight excluding hydrogens is 536 g/mol. The summed E-state index contributed by atoms with van der Waals surface area (Å²) in [5.41, 5.74) is 1.83. The Kier molecular flexibility index (Phi) is 7.33. The molecule has 3 aromatic carbocycles. The molecule has 0 aliphatic heterocycles. The van der Waals surface area contributed by atoms with E-state index in [4.69, 9.17) is 4.18 Å². The summed E-state index contributed by atoms with van der Waals surface area (Å²) in [6.07, 6.45) is 1.24. The number of rotatable bonds is 8. The highest BCUT2D eigenvalue weighted by atomic mass is 79.9. The second-order valence-electron chi connectivity index (χ2n) is 6.45. The molecule has 0 radical (unpaired) electrons. The first kappa shape index (κ1) is 24.5. The molecule has 0 bridgehead atoms. The smallest absolute Gasteiger partial charge is 0.339 e. The van der Waals surface area contributed by atoms with E-state index < -0.39 is 25.9 Å². The van der Waals surface area contributed by atoms with Crippen molar-refractivity contribution < 1.29 is 27.2 Å². The molecule has 0 heterocycles. The molecule has 0 fully saturated rings. The van der Waals surface area contributed by atoms with E-state index in [2.05, 4.69) is 26.5 Å². The molecule has 3 aromatic rings. The molecule has 0 atom stereocenters. The van der Waals surface area contributed by atoms with Crippen molar-refractivity contribution in [1.82, 2.24) is 5.43 Å². The zero-order valence-corrected chi connectivity index (χ0v) is 19.2. The van der Waals surface area contributed by atoms with Gasteiger partial charge in [0.05, 0.1) is 20.5 Å². The van der Waals surface area contributed by atoms with E-state index in [1.807, 2.05) is 0 Å². The maximum Gasteiger partial charge on any atom is 0.339 e. The van der Waals surface area contributed by atoms with Crippen LogP contribution in [0.15, 0.2) is 81.2 Å². The van der Waals surface area contributed by atoms with Gasteiger partial charge in [-0.25, -0.2) is 5.43 Å². The standard InChI is InChI=1S/C20H13BrN4O8S/c21-17-11-13(12-22-23-20(26)16-3-1-2-4-18(16)25(29)30)5-10-19(17)33-34(31,32)15-8-6-14(7-9-15)24(27)28/h1-12H,(H,23,26)/b22-12-. The number of amides is 1. The van der Waals surface area contributed by atoms with Crippen LogP contribution < -0.4 is 9.61 Å². The molecule has 34 heavy (non-hydrogen) atoms. The summed E-state index contributed by atoms with van der Waals surface area (Å²) in [6.45, 7) is 0. The van der Waals surface area contributed by atoms with Gasteiger partial charge in [0.25, 0.3) is 17.3 Å². The van der Waals surface area contributed by atoms with Crippen LogP contribution in [0.25, 0.3) is 0 Å². The monoisotopic (exact) mass is 548 g/mol. The fraction of sp³-hybridized carbons (Fsp3) is 0. The van der Waals surface area contributed by atoms with Gasteiger partial charge in [0, 0.05) is 18.2 Å². The van der Waals surface area contributed by atoms with Crippen molar-refractivity contribution in [3.05, 3.63) is 103 Å². The molecule has 1 N–H and O–H groups in total. The molecule has 0 saturated heterocycles. The van der Waals surface area contributed by atoms with Crippen LogP contribution in [0.4, 0.5) is 11.4 Å². The zero-order chi connectivity index (χ0) is 24.9. The van der Waals surface area contributed by atoms with Crippen LogP contribution in [0.5, 0.6) is 5.75 Å². The lowest BCUT2D eigenvalue weighted by Crippen LogP contribution is -2.18. The summed E-state index contributed by atoms with van der Waals surface area (Å²) in [4.78, 5) is 32.3. The number of nitro groups is 2. The van der Waals surface area contributed by atoms with Gasteiger partial charge in [-0.15, -0.1) is 0 Å². The summed E-state index contributed by atoms with van der Waals surface area (Å²) in [5, 5.41) is 25.5. The summed E-state index contributed by atoms with van der Waals surface area (Å²) < 4.78 is 30.2. The Morgan fingerprint density at radius 3 is 2.29 bits per heavy atom. The molecule has 12 nitrogen and oxygen atoms in total. The number of hydrazone groups is 1. The van der Waals surface area contributed by atoms with Gasteiger partial charge in [-0.1, -0.05) is 12.1 Å². The number of hydrogen-bond donors (Lipinski definition) is 1. The largest absolute Gasteiger partial charge is 0.378 e. The van der Waals surface area contributed by atoms with Gasteiger partial charge in [-0.05, 0) is 57.9 Å². The number of nitrogens with zero attached hydrogens (tertiary/aromatic N) is 3. The predicted molar refractivity (Wildman–Crippen MR) is 123 cm³/mol. The van der Waals surface area contributed by atoms with E-state index in [1.165, 1.54) is 48.7 Å². The van der Waals surface area contributed by atoms with Crippen molar-refractivity contribution in [1.29, 1.82) is 0 Å². The lowest BCUT2D eigenvalue weighted by atomic mass is 10.2. The number of carbonyl (C=O) groups excluding carboxylic acids is 1. The number of halogens is 1. The van der Waals surface area contributed by atoms with Crippen LogP contribution in [-0.2, 0) is 10.1 Å². The van der Waals surface area contributed by atoms with E-state index in [9.17, 15) is 33.4 Å². The minimum absolute atomic E-state index is 0.0561. The maximum absolute atomic E-state index is 12.4. The first-order valence-corrected chi connectivity index (χ1v) is 11.3. The SMILES string of the molecule is O=C(N/N=C\c1ccc(OS(=O)(=O)c2ccc([N+](=O)[O-])cc2)c(Br)c1)c1ccccc1[N+](=O)[O-]. The van der Waals surface area contributed by atoms with Crippen molar-refractivity contribution in [2.45, 2.75) is 4.90 Å². The summed E-state index contributed by atoms with van der Waals surface area (Å²) in [5.74, 6) is -0.837. The highest BCUT2D eigenvalue weighted by molar-refractivity contribution is 9.10. The number of para-hydroxylation sites is 1. The Balaban J connectivity index is 1.70. The minimum Gasteiger partial charge on any atom is -0.378 e. The Hall–Kier alpha value is -4.17. The Morgan fingerprint density at radius 2 is 1.68 bits per heavy atom. The van der Waals surface area contributed by atoms with Crippen molar-refractivity contribution in [2.24, 2.45) is 5.10 Å². The molecule has 0 aromatic heterocycles. The van der Waals surface area contributed by atoms with E-state index in [-0.39, 0.29) is 32.1 Å². The third kappa shape index (κ3) is 5.79. The van der Waals surface area contributed by atoms with E-state index in [0.717, 1.165) is 24.3 Å². The first-order valence-electron chi connectivity index (χ1n) is 9.14. The molecule has 1 amide bonds. The number of nitrogens with one attached hydrogen (secondary N) is 1. The van der Waals surface area contributed by atoms with Crippen molar-refractivity contribution in [2.75, 3.05) is 0 Å². The fourth-order valence-electron chi connectivity index (χ4n) is 2.62. The molecule has 0 spiro atoms. The maximum atomic E-state index is 12.4. The lowest BCUT2D eigenvalue weighted by Gasteiger charge is -2.09. The third-order valence-corrected chi connectivity index (χ3v) is 6.08. The van der Waals surface area contributed by atoms with Crippen molar-refractivity contribution in [3.8, 4) is 5.75 Å². The zero-order valence-electron chi connectivity index (χ0n) is 16.8. The second kappa shape index (κ2) is 10.2. The van der Waals surface area contributed by atoms with E-state index >= 15 is 0 Å². The van der Waals surface area contributed by atoms with Gasteiger partial charge >= 0.3 is 10.1 Å². The van der Waals surface area contributed by atoms with Crippen LogP contribution >= 0.6 is 15.9 Å². The number of benzene rings is 3. The second-order valence-corrected chi connectivity index (χ2v) is 8.85. The Bertz CT molecular complexity index is 1410. The summed E-state index contributed by atoms with van der Waals surface area (Å²) >= 11 is 3.18. The number of nitro benzene ring substituents is 2. The van der Waals surface area contributed by atoms with Gasteiger partial charge in [0.15, 0.2) is 5.75 Å². The van der Waals surface area contributed by atoms with Crippen LogP contribution in [0.1, 0.15) is 15.9 Å². The first-order chi connectivity index (χ1) is 16.1. The summed E-state index contributed by atoms with van der Waals surface area (Å²) in [7, 11) is -4.26. The summed E-state index contributed by atoms with van der Waals surface area (Å²) in [6, 6.07) is 13.8. The molecule has 3 rings (SSSR count). The average molecular weight is 549 g/mol. The Morgan fingerprint density at radius 1 is 1.00 bits per heavy atom. The van der Waals surface area contributed by atoms with Crippen LogP contribution in [0, 0.1) is 20.2 Å². The Labute approximate surface area is 200 Å². The van der Waals surface area contributed by atoms with Crippen LogP contribution in [0.3, 0.4) is 0 Å². The molecule has 0 unspecified atom stereocenters. The van der Waals surface area contributed by atoms with Gasteiger partial charge in [-0.3, -0.25) is 25.0 Å². The van der Waals surface area contributed by atoms with Gasteiger partial charge < -0.3 is 4.18 Å². The molecule has 0 aliphatic carbocycles. The number of non-ortho nitro benzene ring substituents is 1. The minimum atomic E-state index is -4.26. The van der Waals surface area contributed by atoms with Gasteiger partial charge in [-0.2, -0.15) is 13.5 Å². The number of carbonyl (C=O) groups is 1. The average Bonchev–Trinajstić information content (AvgIpc) is 2.80. The van der Waals surface area contributed by atoms with Gasteiger partial charge in [0.1, 0.15) is 10.5 Å². The van der Waals surface area contributed by atoms with Crippen molar-refractivity contribution >= 4 is 49.5 Å². The van der Waals surface area contributed by atoms with Crippen molar-refractivity contribution in [3.63, 3.8) is 0 Å². The normalized spacial score (nSPS) is 11.2. The predicted octanol–water partition coefficient (Wildman–Crippen LogP) is 3.80. The molecule has 0 saturated carbocycles. The lowest BCUT2D eigenvalue weighted by molar-refractivity contribution is -0.385. The van der Waals surface area contributed by atoms with E-state index in [0.29, 0.717) is 5.56 Å². The quantitative estimate of drug-likeness (QED) is 0.191. The molecule has 0 aliphatic rings. The van der Waals surface area contributed by atoms with Crippen LogP contribution in [-0.4, -0.2) is 30.4 Å². The number of hydrogen-bond acceptors (Lipinski definition) is 9. The molecule has 174 valence electrons. The van der Waals surface area contributed by atoms with Gasteiger partial charge in [0.2, 0.25) is 0 Å². The highest BCUT2D eigenvalue weighted by Gasteiger charge is 2.20.